The summed E-state index contributed by atoms with van der Waals surface area (Å²) in [5.74, 6) is 1.57. The van der Waals surface area contributed by atoms with Gasteiger partial charge in [-0.05, 0) is 60.6 Å². The summed E-state index contributed by atoms with van der Waals surface area (Å²) in [5, 5.41) is 4.08. The van der Waals surface area contributed by atoms with Crippen LogP contribution >= 0.6 is 11.8 Å². The molecule has 0 radical (unpaired) electrons. The Balaban J connectivity index is 1.93. The zero-order chi connectivity index (χ0) is 24.9. The van der Waals surface area contributed by atoms with E-state index in [1.54, 1.807) is 19.2 Å². The Labute approximate surface area is 206 Å². The number of aromatic nitrogens is 1. The molecule has 2 aromatic carbocycles. The number of nitrogens with zero attached hydrogens (tertiary/aromatic N) is 1. The lowest BCUT2D eigenvalue weighted by Crippen LogP contribution is -2.15. The molecule has 0 aliphatic rings. The third-order valence-electron chi connectivity index (χ3n) is 5.39. The second kappa shape index (κ2) is 10.7. The molecule has 0 saturated heterocycles. The van der Waals surface area contributed by atoms with Gasteiger partial charge in [-0.2, -0.15) is 0 Å². The first kappa shape index (κ1) is 25.9. The quantitative estimate of drug-likeness (QED) is 0.245. The van der Waals surface area contributed by atoms with Gasteiger partial charge in [0, 0.05) is 11.3 Å². The van der Waals surface area contributed by atoms with Crippen LogP contribution in [0.4, 0.5) is 5.82 Å². The standard InChI is InChI=1S/C26H32N2O4S2/c1-7-8-9-10-22-24(33-20-14-11-18(2)23(17-20)31-6)25(27-32-22)28-34(29,30)21-15-12-19(13-16-21)26(3,4)5/h7,11-17H,1,8-10H2,2-6H3,(H,27,28). The zero-order valence-corrected chi connectivity index (χ0v) is 22.0. The molecule has 3 aromatic rings. The van der Waals surface area contributed by atoms with Crippen LogP contribution in [0.1, 0.15) is 50.5 Å². The van der Waals surface area contributed by atoms with Crippen molar-refractivity contribution in [2.75, 3.05) is 11.8 Å². The lowest BCUT2D eigenvalue weighted by atomic mass is 9.87. The Bertz CT molecular complexity index is 1240. The minimum Gasteiger partial charge on any atom is -0.496 e. The van der Waals surface area contributed by atoms with Gasteiger partial charge in [-0.3, -0.25) is 4.72 Å². The van der Waals surface area contributed by atoms with E-state index in [-0.39, 0.29) is 16.1 Å². The summed E-state index contributed by atoms with van der Waals surface area (Å²) in [6, 6.07) is 12.8. The number of sulfonamides is 1. The van der Waals surface area contributed by atoms with Crippen molar-refractivity contribution in [2.45, 2.75) is 67.1 Å². The molecule has 0 unspecified atom stereocenters. The normalized spacial score (nSPS) is 11.9. The van der Waals surface area contributed by atoms with Crippen LogP contribution in [0.15, 0.2) is 74.3 Å². The Kier molecular flexibility index (Phi) is 8.15. The molecule has 0 atom stereocenters. The number of allylic oxidation sites excluding steroid dienone is 1. The Morgan fingerprint density at radius 3 is 2.50 bits per heavy atom. The smallest absolute Gasteiger partial charge is 0.263 e. The van der Waals surface area contributed by atoms with E-state index in [0.717, 1.165) is 34.6 Å². The summed E-state index contributed by atoms with van der Waals surface area (Å²) in [4.78, 5) is 1.71. The van der Waals surface area contributed by atoms with Crippen molar-refractivity contribution < 1.29 is 17.7 Å². The molecule has 0 spiro atoms. The number of anilines is 1. The minimum atomic E-state index is -3.85. The highest BCUT2D eigenvalue weighted by molar-refractivity contribution is 7.99. The molecule has 1 heterocycles. The van der Waals surface area contributed by atoms with Gasteiger partial charge in [0.1, 0.15) is 10.6 Å². The van der Waals surface area contributed by atoms with Crippen molar-refractivity contribution in [2.24, 2.45) is 0 Å². The van der Waals surface area contributed by atoms with Gasteiger partial charge in [-0.25, -0.2) is 8.42 Å². The second-order valence-electron chi connectivity index (χ2n) is 9.08. The maximum atomic E-state index is 13.1. The van der Waals surface area contributed by atoms with Crippen molar-refractivity contribution in [3.05, 3.63) is 72.0 Å². The fourth-order valence-electron chi connectivity index (χ4n) is 3.35. The molecule has 34 heavy (non-hydrogen) atoms. The van der Waals surface area contributed by atoms with E-state index >= 15 is 0 Å². The summed E-state index contributed by atoms with van der Waals surface area (Å²) >= 11 is 1.40. The monoisotopic (exact) mass is 500 g/mol. The summed E-state index contributed by atoms with van der Waals surface area (Å²) in [6.07, 6.45) is 4.11. The number of nitrogens with one attached hydrogen (secondary N) is 1. The van der Waals surface area contributed by atoms with Crippen LogP contribution in [0.3, 0.4) is 0 Å². The molecule has 0 aliphatic heterocycles. The molecule has 3 rings (SSSR count). The highest BCUT2D eigenvalue weighted by Crippen LogP contribution is 2.39. The van der Waals surface area contributed by atoms with E-state index in [0.29, 0.717) is 17.1 Å². The number of hydrogen-bond acceptors (Lipinski definition) is 6. The van der Waals surface area contributed by atoms with Gasteiger partial charge in [0.15, 0.2) is 11.6 Å². The maximum absolute atomic E-state index is 13.1. The van der Waals surface area contributed by atoms with Gasteiger partial charge < -0.3 is 9.26 Å². The first-order chi connectivity index (χ1) is 16.0. The van der Waals surface area contributed by atoms with E-state index in [1.807, 2.05) is 43.3 Å². The third kappa shape index (κ3) is 6.24. The van der Waals surface area contributed by atoms with Gasteiger partial charge in [0.05, 0.1) is 12.0 Å². The molecule has 6 nitrogen and oxygen atoms in total. The first-order valence-electron chi connectivity index (χ1n) is 11.1. The summed E-state index contributed by atoms with van der Waals surface area (Å²) < 4.78 is 39.9. The van der Waals surface area contributed by atoms with E-state index in [2.05, 4.69) is 37.2 Å². The number of rotatable bonds is 10. The fraction of sp³-hybridized carbons (Fsp3) is 0.346. The SMILES string of the molecule is C=CCCCc1onc(NS(=O)(=O)c2ccc(C(C)(C)C)cc2)c1Sc1ccc(C)c(OC)c1. The molecule has 0 fully saturated rings. The maximum Gasteiger partial charge on any atom is 0.263 e. The Morgan fingerprint density at radius 2 is 1.88 bits per heavy atom. The molecule has 182 valence electrons. The Hall–Kier alpha value is -2.71. The zero-order valence-electron chi connectivity index (χ0n) is 20.3. The summed E-state index contributed by atoms with van der Waals surface area (Å²) in [7, 11) is -2.22. The topological polar surface area (TPSA) is 81.4 Å². The number of hydrogen-bond donors (Lipinski definition) is 1. The number of ether oxygens (including phenoxy) is 1. The molecular weight excluding hydrogens is 468 g/mol. The van der Waals surface area contributed by atoms with E-state index < -0.39 is 10.0 Å². The predicted molar refractivity (Wildman–Crippen MR) is 137 cm³/mol. The highest BCUT2D eigenvalue weighted by Gasteiger charge is 2.24. The van der Waals surface area contributed by atoms with Crippen LogP contribution in [0.2, 0.25) is 0 Å². The second-order valence-corrected chi connectivity index (χ2v) is 11.8. The van der Waals surface area contributed by atoms with Crippen LogP contribution in [-0.2, 0) is 21.9 Å². The molecule has 0 aliphatic carbocycles. The van der Waals surface area contributed by atoms with Gasteiger partial charge in [-0.1, -0.05) is 62.0 Å². The van der Waals surface area contributed by atoms with Crippen LogP contribution < -0.4 is 9.46 Å². The van der Waals surface area contributed by atoms with E-state index in [9.17, 15) is 8.42 Å². The Morgan fingerprint density at radius 1 is 1.18 bits per heavy atom. The summed E-state index contributed by atoms with van der Waals surface area (Å²) in [6.45, 7) is 12.0. The number of benzene rings is 2. The van der Waals surface area contributed by atoms with Gasteiger partial charge in [-0.15, -0.1) is 6.58 Å². The minimum absolute atomic E-state index is 0.0684. The fourth-order valence-corrected chi connectivity index (χ4v) is 5.40. The number of unbranched alkanes of at least 4 members (excludes halogenated alkanes) is 1. The predicted octanol–water partition coefficient (Wildman–Crippen LogP) is 6.75. The first-order valence-corrected chi connectivity index (χ1v) is 13.4. The van der Waals surface area contributed by atoms with Crippen LogP contribution in [-0.4, -0.2) is 20.7 Å². The largest absolute Gasteiger partial charge is 0.496 e. The van der Waals surface area contributed by atoms with Crippen LogP contribution in [0.5, 0.6) is 5.75 Å². The summed E-state index contributed by atoms with van der Waals surface area (Å²) in [5.41, 5.74) is 2.01. The van der Waals surface area contributed by atoms with Crippen molar-refractivity contribution in [1.82, 2.24) is 5.16 Å². The number of methoxy groups -OCH3 is 1. The molecule has 1 aromatic heterocycles. The van der Waals surface area contributed by atoms with Crippen LogP contribution in [0.25, 0.3) is 0 Å². The average molecular weight is 501 g/mol. The molecule has 0 bridgehead atoms. The van der Waals surface area contributed by atoms with Crippen molar-refractivity contribution in [3.8, 4) is 5.75 Å². The van der Waals surface area contributed by atoms with Crippen LogP contribution in [0, 0.1) is 6.92 Å². The van der Waals surface area contributed by atoms with Crippen molar-refractivity contribution >= 4 is 27.6 Å². The molecular formula is C26H32N2O4S2. The van der Waals surface area contributed by atoms with Crippen molar-refractivity contribution in [3.63, 3.8) is 0 Å². The van der Waals surface area contributed by atoms with Gasteiger partial charge in [0.25, 0.3) is 10.0 Å². The van der Waals surface area contributed by atoms with Crippen molar-refractivity contribution in [1.29, 1.82) is 0 Å². The van der Waals surface area contributed by atoms with E-state index in [4.69, 9.17) is 9.26 Å². The van der Waals surface area contributed by atoms with Gasteiger partial charge >= 0.3 is 0 Å². The lowest BCUT2D eigenvalue weighted by molar-refractivity contribution is 0.379. The van der Waals surface area contributed by atoms with Gasteiger partial charge in [0.2, 0.25) is 0 Å². The molecule has 1 N–H and O–H groups in total. The molecule has 0 amide bonds. The molecule has 0 saturated carbocycles. The lowest BCUT2D eigenvalue weighted by Gasteiger charge is -2.19. The highest BCUT2D eigenvalue weighted by atomic mass is 32.2. The number of aryl methyl sites for hydroxylation is 2. The van der Waals surface area contributed by atoms with E-state index in [1.165, 1.54) is 11.8 Å². The third-order valence-corrected chi connectivity index (χ3v) is 7.86. The molecule has 8 heteroatoms. The average Bonchev–Trinajstić information content (AvgIpc) is 3.15.